The van der Waals surface area contributed by atoms with Gasteiger partial charge in [-0.15, -0.1) is 4.40 Å². The smallest absolute Gasteiger partial charge is 0.285 e. The van der Waals surface area contributed by atoms with Gasteiger partial charge in [0.25, 0.3) is 10.0 Å². The molecule has 0 amide bonds. The zero-order valence-electron chi connectivity index (χ0n) is 11.2. The summed E-state index contributed by atoms with van der Waals surface area (Å²) in [5, 5.41) is 1.36. The molecule has 1 aromatic heterocycles. The van der Waals surface area contributed by atoms with Crippen LogP contribution in [0, 0.1) is 0 Å². The number of amidine groups is 1. The van der Waals surface area contributed by atoms with Gasteiger partial charge in [-0.25, -0.2) is 5.84 Å². The van der Waals surface area contributed by atoms with Crippen molar-refractivity contribution in [2.45, 2.75) is 11.3 Å². The maximum atomic E-state index is 12.0. The van der Waals surface area contributed by atoms with Crippen LogP contribution in [0.25, 0.3) is 0 Å². The molecular formula is C14H14N4O2S. The predicted molar refractivity (Wildman–Crippen MR) is 79.0 cm³/mol. The molecule has 0 radical (unpaired) electrons. The molecule has 0 unspecified atom stereocenters. The number of hydrogen-bond donors (Lipinski definition) is 1. The maximum absolute atomic E-state index is 12.0. The van der Waals surface area contributed by atoms with E-state index < -0.39 is 10.0 Å². The SMILES string of the molecule is NN(CCc1ccccn1)C1=NS(=O)(=O)c2ccccc21. The molecule has 0 bridgehead atoms. The highest BCUT2D eigenvalue weighted by Gasteiger charge is 2.30. The van der Waals surface area contributed by atoms with Gasteiger partial charge in [-0.1, -0.05) is 18.2 Å². The molecular weight excluding hydrogens is 288 g/mol. The van der Waals surface area contributed by atoms with Crippen LogP contribution in [0.1, 0.15) is 11.3 Å². The molecule has 0 aliphatic carbocycles. The van der Waals surface area contributed by atoms with Gasteiger partial charge >= 0.3 is 0 Å². The Bertz CT molecular complexity index is 788. The van der Waals surface area contributed by atoms with E-state index >= 15 is 0 Å². The lowest BCUT2D eigenvalue weighted by molar-refractivity contribution is 0.443. The Hall–Kier alpha value is -2.25. The molecule has 0 atom stereocenters. The molecule has 0 saturated heterocycles. The largest absolute Gasteiger partial charge is 0.293 e. The van der Waals surface area contributed by atoms with Crippen molar-refractivity contribution < 1.29 is 8.42 Å². The highest BCUT2D eigenvalue weighted by atomic mass is 32.2. The van der Waals surface area contributed by atoms with Crippen LogP contribution in [0.3, 0.4) is 0 Å². The lowest BCUT2D eigenvalue weighted by Gasteiger charge is -2.17. The summed E-state index contributed by atoms with van der Waals surface area (Å²) in [7, 11) is -3.63. The van der Waals surface area contributed by atoms with Crippen molar-refractivity contribution in [3.05, 3.63) is 59.9 Å². The van der Waals surface area contributed by atoms with Gasteiger partial charge in [0, 0.05) is 30.4 Å². The number of nitrogens with zero attached hydrogens (tertiary/aromatic N) is 3. The summed E-state index contributed by atoms with van der Waals surface area (Å²) < 4.78 is 27.7. The van der Waals surface area contributed by atoms with Crippen molar-refractivity contribution >= 4 is 15.9 Å². The zero-order chi connectivity index (χ0) is 14.9. The molecule has 1 aromatic carbocycles. The molecule has 7 heteroatoms. The topological polar surface area (TPSA) is 88.7 Å². The number of pyridine rings is 1. The van der Waals surface area contributed by atoms with Gasteiger partial charge < -0.3 is 0 Å². The summed E-state index contributed by atoms with van der Waals surface area (Å²) in [6.07, 6.45) is 2.32. The fourth-order valence-corrected chi connectivity index (χ4v) is 3.40. The van der Waals surface area contributed by atoms with E-state index in [0.29, 0.717) is 18.5 Å². The van der Waals surface area contributed by atoms with Crippen molar-refractivity contribution in [2.75, 3.05) is 6.54 Å². The summed E-state index contributed by atoms with van der Waals surface area (Å²) in [6.45, 7) is 0.430. The molecule has 2 N–H and O–H groups in total. The summed E-state index contributed by atoms with van der Waals surface area (Å²) in [5.41, 5.74) is 1.43. The van der Waals surface area contributed by atoms with Crippen LogP contribution < -0.4 is 5.84 Å². The summed E-state index contributed by atoms with van der Waals surface area (Å²) >= 11 is 0. The molecule has 21 heavy (non-hydrogen) atoms. The van der Waals surface area contributed by atoms with Gasteiger partial charge in [0.05, 0.1) is 0 Å². The molecule has 1 aliphatic heterocycles. The first-order valence-corrected chi connectivity index (χ1v) is 7.88. The molecule has 2 heterocycles. The Morgan fingerprint density at radius 2 is 1.86 bits per heavy atom. The van der Waals surface area contributed by atoms with Crippen LogP contribution in [0.4, 0.5) is 0 Å². The summed E-state index contributed by atoms with van der Waals surface area (Å²) in [5.74, 6) is 6.25. The zero-order valence-corrected chi connectivity index (χ0v) is 12.0. The van der Waals surface area contributed by atoms with Gasteiger partial charge in [0.2, 0.25) is 0 Å². The van der Waals surface area contributed by atoms with Crippen molar-refractivity contribution in [2.24, 2.45) is 10.2 Å². The fourth-order valence-electron chi connectivity index (χ4n) is 2.18. The van der Waals surface area contributed by atoms with Crippen molar-refractivity contribution in [1.82, 2.24) is 9.99 Å². The third-order valence-electron chi connectivity index (χ3n) is 3.22. The normalized spacial score (nSPS) is 15.4. The first kappa shape index (κ1) is 13.7. The Kier molecular flexibility index (Phi) is 3.44. The van der Waals surface area contributed by atoms with E-state index in [-0.39, 0.29) is 10.7 Å². The number of hydrogen-bond acceptors (Lipinski definition) is 5. The lowest BCUT2D eigenvalue weighted by atomic mass is 10.2. The number of nitrogens with two attached hydrogens (primary N) is 1. The molecule has 2 aromatic rings. The number of hydrazine groups is 1. The Balaban J connectivity index is 1.81. The second kappa shape index (κ2) is 5.27. The number of fused-ring (bicyclic) bond motifs is 1. The summed E-state index contributed by atoms with van der Waals surface area (Å²) in [4.78, 5) is 4.41. The van der Waals surface area contributed by atoms with Gasteiger partial charge in [0.15, 0.2) is 5.84 Å². The Morgan fingerprint density at radius 1 is 1.10 bits per heavy atom. The number of benzene rings is 1. The van der Waals surface area contributed by atoms with Crippen LogP contribution in [-0.4, -0.2) is 30.8 Å². The number of aromatic nitrogens is 1. The lowest BCUT2D eigenvalue weighted by Crippen LogP contribution is -2.39. The monoisotopic (exact) mass is 302 g/mol. The molecule has 1 aliphatic rings. The Morgan fingerprint density at radius 3 is 2.62 bits per heavy atom. The highest BCUT2D eigenvalue weighted by Crippen LogP contribution is 2.26. The van der Waals surface area contributed by atoms with E-state index in [9.17, 15) is 8.42 Å². The van der Waals surface area contributed by atoms with E-state index in [0.717, 1.165) is 5.69 Å². The third-order valence-corrected chi connectivity index (χ3v) is 4.54. The minimum atomic E-state index is -3.63. The maximum Gasteiger partial charge on any atom is 0.285 e. The quantitative estimate of drug-likeness (QED) is 0.673. The third kappa shape index (κ3) is 2.65. The highest BCUT2D eigenvalue weighted by molar-refractivity contribution is 7.90. The van der Waals surface area contributed by atoms with E-state index in [1.54, 1.807) is 24.4 Å². The Labute approximate surface area is 123 Å². The van der Waals surface area contributed by atoms with Crippen LogP contribution in [0.15, 0.2) is 58.0 Å². The van der Waals surface area contributed by atoms with Crippen LogP contribution in [-0.2, 0) is 16.4 Å². The molecule has 108 valence electrons. The van der Waals surface area contributed by atoms with Gasteiger partial charge in [-0.05, 0) is 24.3 Å². The second-order valence-corrected chi connectivity index (χ2v) is 6.22. The minimum absolute atomic E-state index is 0.202. The van der Waals surface area contributed by atoms with Crippen LogP contribution in [0.2, 0.25) is 0 Å². The first-order valence-electron chi connectivity index (χ1n) is 6.44. The molecule has 0 spiro atoms. The number of sulfonamides is 1. The number of rotatable bonds is 3. The molecule has 3 rings (SSSR count). The minimum Gasteiger partial charge on any atom is -0.293 e. The standard InChI is InChI=1S/C14H14N4O2S/c15-18(10-8-11-5-3-4-9-16-11)14-12-6-1-2-7-13(12)21(19,20)17-14/h1-7,9H,8,10,15H2. The molecule has 0 fully saturated rings. The molecule has 0 saturated carbocycles. The van der Waals surface area contributed by atoms with Crippen molar-refractivity contribution in [3.63, 3.8) is 0 Å². The van der Waals surface area contributed by atoms with Gasteiger partial charge in [0.1, 0.15) is 4.90 Å². The average Bonchev–Trinajstić information content (AvgIpc) is 2.78. The van der Waals surface area contributed by atoms with E-state index in [2.05, 4.69) is 9.38 Å². The van der Waals surface area contributed by atoms with E-state index in [1.165, 1.54) is 11.1 Å². The van der Waals surface area contributed by atoms with Crippen molar-refractivity contribution in [1.29, 1.82) is 0 Å². The molecule has 6 nitrogen and oxygen atoms in total. The van der Waals surface area contributed by atoms with Crippen LogP contribution >= 0.6 is 0 Å². The summed E-state index contributed by atoms with van der Waals surface area (Å²) in [6, 6.07) is 12.3. The van der Waals surface area contributed by atoms with Crippen LogP contribution in [0.5, 0.6) is 0 Å². The average molecular weight is 302 g/mol. The fraction of sp³-hybridized carbons (Fsp3) is 0.143. The predicted octanol–water partition coefficient (Wildman–Crippen LogP) is 0.949. The van der Waals surface area contributed by atoms with Gasteiger partial charge in [-0.3, -0.25) is 9.99 Å². The van der Waals surface area contributed by atoms with Gasteiger partial charge in [-0.2, -0.15) is 8.42 Å². The first-order chi connectivity index (χ1) is 10.1. The second-order valence-electron chi connectivity index (χ2n) is 4.65. The van der Waals surface area contributed by atoms with Crippen molar-refractivity contribution in [3.8, 4) is 0 Å². The van der Waals surface area contributed by atoms with E-state index in [1.807, 2.05) is 18.2 Å². The van der Waals surface area contributed by atoms with E-state index in [4.69, 9.17) is 5.84 Å².